The number of nitrogens with zero attached hydrogens (tertiary/aromatic N) is 1. The summed E-state index contributed by atoms with van der Waals surface area (Å²) in [7, 11) is 1.59. The molecule has 3 fully saturated rings. The summed E-state index contributed by atoms with van der Waals surface area (Å²) in [6.07, 6.45) is 13.0. The van der Waals surface area contributed by atoms with Gasteiger partial charge in [0.05, 0.1) is 36.9 Å². The molecule has 0 aromatic heterocycles. The Kier molecular flexibility index (Phi) is 19.6. The zero-order valence-corrected chi connectivity index (χ0v) is 38.2. The Morgan fingerprint density at radius 2 is 1.59 bits per heavy atom. The summed E-state index contributed by atoms with van der Waals surface area (Å²) in [6, 6.07) is -0.904. The number of piperidine rings is 1. The molecule has 4 N–H and O–H groups in total. The van der Waals surface area contributed by atoms with E-state index < -0.39 is 60.1 Å². The van der Waals surface area contributed by atoms with Gasteiger partial charge in [0, 0.05) is 50.7 Å². The second-order valence-electron chi connectivity index (χ2n) is 19.1. The maximum absolute atomic E-state index is 14.3. The van der Waals surface area contributed by atoms with Crippen LogP contribution in [0.5, 0.6) is 0 Å². The fraction of sp³-hybridized carbons (Fsp3) is 0.755. The molecule has 3 aliphatic heterocycles. The number of ether oxygens (including phenoxy) is 3. The number of amides is 1. The van der Waals surface area contributed by atoms with E-state index >= 15 is 0 Å². The number of allylic oxidation sites excluding steroid dienone is 6. The molecule has 1 amide bonds. The van der Waals surface area contributed by atoms with Gasteiger partial charge in [0.15, 0.2) is 5.79 Å². The molecule has 2 saturated heterocycles. The normalized spacial score (nSPS) is 38.3. The zero-order chi connectivity index (χ0) is 45.0. The highest BCUT2D eigenvalue weighted by Gasteiger charge is 2.46. The lowest BCUT2D eigenvalue weighted by atomic mass is 9.78. The van der Waals surface area contributed by atoms with Gasteiger partial charge in [-0.1, -0.05) is 71.1 Å². The first kappa shape index (κ1) is 50.6. The lowest BCUT2D eigenvalue weighted by Crippen LogP contribution is -2.54. The van der Waals surface area contributed by atoms with Gasteiger partial charge >= 0.3 is 5.97 Å². The maximum Gasteiger partial charge on any atom is 0.329 e. The molecule has 0 aromatic carbocycles. The van der Waals surface area contributed by atoms with Gasteiger partial charge in [-0.2, -0.15) is 0 Å². The van der Waals surface area contributed by atoms with Crippen molar-refractivity contribution in [1.82, 2.24) is 4.90 Å². The molecule has 12 nitrogen and oxygen atoms in total. The van der Waals surface area contributed by atoms with Crippen LogP contribution in [0.25, 0.3) is 0 Å². The first-order valence-electron chi connectivity index (χ1n) is 23.0. The number of carbonyl (C=O) groups is 4. The smallest absolute Gasteiger partial charge is 0.329 e. The number of rotatable bonds is 4. The fourth-order valence-electron chi connectivity index (χ4n) is 9.60. The van der Waals surface area contributed by atoms with Gasteiger partial charge in [0.25, 0.3) is 0 Å². The Balaban J connectivity index is 1.63. The minimum absolute atomic E-state index is 0.0663. The van der Waals surface area contributed by atoms with Crippen molar-refractivity contribution in [2.75, 3.05) is 13.7 Å². The second-order valence-corrected chi connectivity index (χ2v) is 19.1. The Morgan fingerprint density at radius 3 is 2.31 bits per heavy atom. The number of methoxy groups -OCH3 is 1. The Labute approximate surface area is 364 Å². The van der Waals surface area contributed by atoms with E-state index in [2.05, 4.69) is 0 Å². The number of carbonyl (C=O) groups excluding carboxylic acids is 4. The molecular weight excluding hydrogens is 779 g/mol. The number of fused-ring (bicyclic) bond motifs is 3. The molecule has 14 unspecified atom stereocenters. The third kappa shape index (κ3) is 14.8. The Bertz CT molecular complexity index is 1600. The summed E-state index contributed by atoms with van der Waals surface area (Å²) >= 11 is 0. The highest BCUT2D eigenvalue weighted by Crippen LogP contribution is 2.38. The monoisotopic (exact) mass is 856 g/mol. The van der Waals surface area contributed by atoms with E-state index in [9.17, 15) is 39.6 Å². The molecule has 4 aliphatic rings. The van der Waals surface area contributed by atoms with Crippen molar-refractivity contribution >= 4 is 23.4 Å². The quantitative estimate of drug-likeness (QED) is 0.174. The zero-order valence-electron chi connectivity index (χ0n) is 38.2. The third-order valence-corrected chi connectivity index (χ3v) is 14.0. The minimum Gasteiger partial charge on any atom is -0.460 e. The van der Waals surface area contributed by atoms with E-state index in [1.54, 1.807) is 27.0 Å². The van der Waals surface area contributed by atoms with Crippen LogP contribution in [0.1, 0.15) is 138 Å². The van der Waals surface area contributed by atoms with Crippen LogP contribution in [0.15, 0.2) is 47.6 Å². The lowest BCUT2D eigenvalue weighted by Gasteiger charge is -2.44. The fourth-order valence-corrected chi connectivity index (χ4v) is 9.60. The van der Waals surface area contributed by atoms with Crippen LogP contribution in [-0.4, -0.2) is 111 Å². The van der Waals surface area contributed by atoms with Crippen LogP contribution >= 0.6 is 0 Å². The molecule has 1 saturated carbocycles. The lowest BCUT2D eigenvalue weighted by molar-refractivity contribution is -0.283. The molecule has 14 atom stereocenters. The number of ketones is 2. The molecule has 344 valence electrons. The van der Waals surface area contributed by atoms with Crippen LogP contribution in [0.2, 0.25) is 0 Å². The summed E-state index contributed by atoms with van der Waals surface area (Å²) in [5.41, 5.74) is 1.24. The molecule has 4 rings (SSSR count). The number of aliphatic hydroxyl groups excluding tert-OH is 3. The topological polar surface area (TPSA) is 180 Å². The number of aliphatic hydroxyl groups is 4. The molecule has 12 heteroatoms. The predicted molar refractivity (Wildman–Crippen MR) is 234 cm³/mol. The van der Waals surface area contributed by atoms with E-state index in [4.69, 9.17) is 14.2 Å². The van der Waals surface area contributed by atoms with E-state index in [-0.39, 0.29) is 72.9 Å². The number of cyclic esters (lactones) is 1. The molecule has 0 spiro atoms. The third-order valence-electron chi connectivity index (χ3n) is 14.0. The van der Waals surface area contributed by atoms with Gasteiger partial charge < -0.3 is 39.5 Å². The van der Waals surface area contributed by atoms with Crippen molar-refractivity contribution < 1.29 is 53.8 Å². The minimum atomic E-state index is -1.79. The average molecular weight is 856 g/mol. The SMILES string of the molecule is COC1CC(CC(C)C2CC(=O)C(C)C=C(C)C(O)CC(=O)C(C)CC(C)C=CC=CC=C(C)C(O)CC3CCC(C)C(O)(CC(=O)N4CCCCC4C(=O)O2)O3)CCC1O. The molecule has 61 heavy (non-hydrogen) atoms. The van der Waals surface area contributed by atoms with Gasteiger partial charge in [0.1, 0.15) is 23.7 Å². The molecule has 1 aliphatic carbocycles. The standard InChI is InChI=1S/C49H77NO11/c1-30-14-10-9-11-15-31(2)41(52)26-38-19-17-36(7)49(58,61-38)29-47(56)50-21-13-12-16-39(50)48(57)60-45(35(6)24-37-18-20-40(51)46(25-37)59-8)28-44(55)34(5)23-33(4)43(54)27-42(53)32(3)22-30/h9-11,14-15,23,30,32,34-41,43,45-46,51-52,54,58H,12-13,16-22,24-29H2,1-8H3. The van der Waals surface area contributed by atoms with E-state index in [1.165, 1.54) is 4.90 Å². The first-order chi connectivity index (χ1) is 28.8. The molecule has 0 radical (unpaired) electrons. The molecule has 3 heterocycles. The average Bonchev–Trinajstić information content (AvgIpc) is 3.21. The van der Waals surface area contributed by atoms with Crippen molar-refractivity contribution in [3.8, 4) is 0 Å². The summed E-state index contributed by atoms with van der Waals surface area (Å²) in [5, 5.41) is 44.5. The van der Waals surface area contributed by atoms with Crippen LogP contribution in [0, 0.1) is 35.5 Å². The summed E-state index contributed by atoms with van der Waals surface area (Å²) in [4.78, 5) is 57.1. The van der Waals surface area contributed by atoms with Gasteiger partial charge in [0.2, 0.25) is 5.91 Å². The van der Waals surface area contributed by atoms with Crippen molar-refractivity contribution in [2.45, 2.75) is 187 Å². The van der Waals surface area contributed by atoms with Crippen LogP contribution in [-0.2, 0) is 33.4 Å². The Morgan fingerprint density at radius 1 is 0.852 bits per heavy atom. The number of hydrogen-bond acceptors (Lipinski definition) is 11. The van der Waals surface area contributed by atoms with Crippen molar-refractivity contribution in [3.63, 3.8) is 0 Å². The van der Waals surface area contributed by atoms with Crippen molar-refractivity contribution in [3.05, 3.63) is 47.6 Å². The molecule has 0 aromatic rings. The summed E-state index contributed by atoms with van der Waals surface area (Å²) < 4.78 is 18.1. The van der Waals surface area contributed by atoms with Gasteiger partial charge in [-0.25, -0.2) is 4.79 Å². The van der Waals surface area contributed by atoms with Crippen molar-refractivity contribution in [2.24, 2.45) is 35.5 Å². The molecule has 2 bridgehead atoms. The van der Waals surface area contributed by atoms with Crippen molar-refractivity contribution in [1.29, 1.82) is 0 Å². The van der Waals surface area contributed by atoms with E-state index in [0.717, 1.165) is 12.0 Å². The van der Waals surface area contributed by atoms with Gasteiger partial charge in [-0.05, 0) is 107 Å². The van der Waals surface area contributed by atoms with E-state index in [0.29, 0.717) is 69.9 Å². The van der Waals surface area contributed by atoms with E-state index in [1.807, 2.05) is 65.0 Å². The largest absolute Gasteiger partial charge is 0.460 e. The van der Waals surface area contributed by atoms with Gasteiger partial charge in [-0.15, -0.1) is 0 Å². The Hall–Kier alpha value is -3.00. The van der Waals surface area contributed by atoms with Crippen LogP contribution < -0.4 is 0 Å². The van der Waals surface area contributed by atoms with Crippen LogP contribution in [0.4, 0.5) is 0 Å². The maximum atomic E-state index is 14.3. The first-order valence-corrected chi connectivity index (χ1v) is 23.0. The summed E-state index contributed by atoms with van der Waals surface area (Å²) in [5.74, 6) is -4.33. The second kappa shape index (κ2) is 23.6. The number of hydrogen-bond donors (Lipinski definition) is 4. The number of Topliss-reactive ketones (excluding diaryl/α,β-unsaturated/α-hetero) is 2. The highest BCUT2D eigenvalue weighted by molar-refractivity contribution is 5.86. The summed E-state index contributed by atoms with van der Waals surface area (Å²) in [6.45, 7) is 13.3. The predicted octanol–water partition coefficient (Wildman–Crippen LogP) is 6.72. The molecular formula is C49H77NO11. The highest BCUT2D eigenvalue weighted by atomic mass is 16.6. The van der Waals surface area contributed by atoms with Gasteiger partial charge in [-0.3, -0.25) is 14.4 Å². The number of esters is 1. The van der Waals surface area contributed by atoms with Crippen LogP contribution in [0.3, 0.4) is 0 Å².